The Labute approximate surface area is 104 Å². The Hall–Kier alpha value is -1.07. The van der Waals surface area contributed by atoms with E-state index in [1.165, 1.54) is 7.11 Å². The highest BCUT2D eigenvalue weighted by Gasteiger charge is 2.38. The van der Waals surface area contributed by atoms with Gasteiger partial charge in [0.25, 0.3) is 0 Å². The van der Waals surface area contributed by atoms with E-state index in [0.29, 0.717) is 13.0 Å². The molecule has 2 rings (SSSR count). The summed E-state index contributed by atoms with van der Waals surface area (Å²) in [5.41, 5.74) is -1.12. The number of methoxy groups -OCH3 is 1. The first kappa shape index (κ1) is 13.4. The Morgan fingerprint density at radius 1 is 1.39 bits per heavy atom. The van der Waals surface area contributed by atoms with Gasteiger partial charge in [0.1, 0.15) is 17.3 Å². The maximum Gasteiger partial charge on any atom is 0.148 e. The van der Waals surface area contributed by atoms with Crippen molar-refractivity contribution in [1.29, 1.82) is 0 Å². The lowest BCUT2D eigenvalue weighted by Gasteiger charge is -2.20. The maximum atomic E-state index is 14.1. The van der Waals surface area contributed by atoms with Crippen LogP contribution in [0.25, 0.3) is 0 Å². The zero-order valence-electron chi connectivity index (χ0n) is 10.3. The van der Waals surface area contributed by atoms with E-state index >= 15 is 0 Å². The minimum atomic E-state index is -1.38. The highest BCUT2D eigenvalue weighted by molar-refractivity contribution is 5.19. The molecule has 2 nitrogen and oxygen atoms in total. The molecular formula is C13H16F3NO. The first-order valence-electron chi connectivity index (χ1n) is 5.86. The average molecular weight is 259 g/mol. The van der Waals surface area contributed by atoms with E-state index in [4.69, 9.17) is 4.74 Å². The zero-order valence-corrected chi connectivity index (χ0v) is 10.3. The van der Waals surface area contributed by atoms with Gasteiger partial charge in [0.2, 0.25) is 0 Å². The van der Waals surface area contributed by atoms with Crippen molar-refractivity contribution in [1.82, 2.24) is 4.90 Å². The summed E-state index contributed by atoms with van der Waals surface area (Å²) in [6.07, 6.45) is 0.359. The molecule has 0 N–H and O–H groups in total. The fourth-order valence-corrected chi connectivity index (χ4v) is 2.33. The van der Waals surface area contributed by atoms with Crippen LogP contribution < -0.4 is 0 Å². The van der Waals surface area contributed by atoms with Crippen LogP contribution in [0, 0.1) is 11.6 Å². The van der Waals surface area contributed by atoms with Crippen molar-refractivity contribution in [3.05, 3.63) is 35.4 Å². The molecule has 1 saturated heterocycles. The molecule has 0 bridgehead atoms. The predicted octanol–water partition coefficient (Wildman–Crippen LogP) is 2.53. The Kier molecular flexibility index (Phi) is 3.92. The van der Waals surface area contributed by atoms with E-state index < -0.39 is 17.3 Å². The van der Waals surface area contributed by atoms with Crippen LogP contribution >= 0.6 is 0 Å². The molecule has 0 spiro atoms. The molecule has 1 unspecified atom stereocenters. The quantitative estimate of drug-likeness (QED) is 0.824. The van der Waals surface area contributed by atoms with E-state index in [1.54, 1.807) is 4.90 Å². The van der Waals surface area contributed by atoms with Gasteiger partial charge >= 0.3 is 0 Å². The van der Waals surface area contributed by atoms with Crippen LogP contribution in [-0.2, 0) is 11.3 Å². The lowest BCUT2D eigenvalue weighted by Crippen LogP contribution is -2.33. The molecule has 0 aliphatic carbocycles. The van der Waals surface area contributed by atoms with Gasteiger partial charge in [-0.25, -0.2) is 13.2 Å². The Balaban J connectivity index is 2.01. The molecule has 1 aliphatic heterocycles. The van der Waals surface area contributed by atoms with Crippen molar-refractivity contribution in [2.24, 2.45) is 0 Å². The van der Waals surface area contributed by atoms with Gasteiger partial charge in [0.05, 0.1) is 6.61 Å². The average Bonchev–Trinajstić information content (AvgIpc) is 2.66. The molecule has 0 aromatic heterocycles. The molecule has 1 aliphatic rings. The Morgan fingerprint density at radius 2 is 2.17 bits per heavy atom. The predicted molar refractivity (Wildman–Crippen MR) is 62.0 cm³/mol. The fourth-order valence-electron chi connectivity index (χ4n) is 2.33. The second-order valence-corrected chi connectivity index (χ2v) is 4.78. The van der Waals surface area contributed by atoms with Crippen LogP contribution in [-0.4, -0.2) is 37.4 Å². The van der Waals surface area contributed by atoms with Gasteiger partial charge in [-0.3, -0.25) is 4.90 Å². The molecule has 0 amide bonds. The van der Waals surface area contributed by atoms with Crippen molar-refractivity contribution >= 4 is 0 Å². The molecular weight excluding hydrogens is 243 g/mol. The molecule has 0 saturated carbocycles. The lowest BCUT2D eigenvalue weighted by molar-refractivity contribution is 0.0467. The third-order valence-corrected chi connectivity index (χ3v) is 3.19. The molecule has 5 heteroatoms. The van der Waals surface area contributed by atoms with Gasteiger partial charge < -0.3 is 4.74 Å². The molecule has 100 valence electrons. The molecule has 1 fully saturated rings. The van der Waals surface area contributed by atoms with Gasteiger partial charge in [0.15, 0.2) is 0 Å². The monoisotopic (exact) mass is 259 g/mol. The molecule has 1 aromatic carbocycles. The van der Waals surface area contributed by atoms with Crippen molar-refractivity contribution in [2.45, 2.75) is 18.6 Å². The standard InChI is InChI=1S/C13H16F3NO/c1-18-9-13(16)4-5-17(8-13)7-10-6-11(14)2-3-12(10)15/h2-3,6H,4-5,7-9H2,1H3. The van der Waals surface area contributed by atoms with Crippen molar-refractivity contribution in [3.8, 4) is 0 Å². The first-order valence-corrected chi connectivity index (χ1v) is 5.86. The molecule has 0 radical (unpaired) electrons. The smallest absolute Gasteiger partial charge is 0.148 e. The van der Waals surface area contributed by atoms with Crippen molar-refractivity contribution in [2.75, 3.05) is 26.8 Å². The number of rotatable bonds is 4. The van der Waals surface area contributed by atoms with Crippen LogP contribution in [0.15, 0.2) is 18.2 Å². The summed E-state index contributed by atoms with van der Waals surface area (Å²) in [4.78, 5) is 1.77. The number of likely N-dealkylation sites (tertiary alicyclic amines) is 1. The Morgan fingerprint density at radius 3 is 2.89 bits per heavy atom. The summed E-state index contributed by atoms with van der Waals surface area (Å²) in [7, 11) is 1.45. The molecule has 1 aromatic rings. The summed E-state index contributed by atoms with van der Waals surface area (Å²) >= 11 is 0. The van der Waals surface area contributed by atoms with E-state index in [0.717, 1.165) is 18.2 Å². The largest absolute Gasteiger partial charge is 0.381 e. The van der Waals surface area contributed by atoms with Crippen LogP contribution in [0.3, 0.4) is 0 Å². The van der Waals surface area contributed by atoms with Crippen molar-refractivity contribution in [3.63, 3.8) is 0 Å². The third-order valence-electron chi connectivity index (χ3n) is 3.19. The van der Waals surface area contributed by atoms with E-state index in [-0.39, 0.29) is 25.3 Å². The highest BCUT2D eigenvalue weighted by atomic mass is 19.1. The number of benzene rings is 1. The molecule has 1 heterocycles. The van der Waals surface area contributed by atoms with Gasteiger partial charge in [-0.15, -0.1) is 0 Å². The van der Waals surface area contributed by atoms with Gasteiger partial charge in [-0.05, 0) is 24.6 Å². The minimum Gasteiger partial charge on any atom is -0.381 e. The maximum absolute atomic E-state index is 14.1. The van der Waals surface area contributed by atoms with Gasteiger partial charge in [-0.2, -0.15) is 0 Å². The molecule has 1 atom stereocenters. The van der Waals surface area contributed by atoms with E-state index in [9.17, 15) is 13.2 Å². The number of ether oxygens (including phenoxy) is 1. The summed E-state index contributed by atoms with van der Waals surface area (Å²) in [5.74, 6) is -0.937. The summed E-state index contributed by atoms with van der Waals surface area (Å²) in [6.45, 7) is 0.973. The number of halogens is 3. The zero-order chi connectivity index (χ0) is 13.2. The van der Waals surface area contributed by atoms with Crippen molar-refractivity contribution < 1.29 is 17.9 Å². The van der Waals surface area contributed by atoms with E-state index in [2.05, 4.69) is 0 Å². The summed E-state index contributed by atoms with van der Waals surface area (Å²) in [6, 6.07) is 3.33. The first-order chi connectivity index (χ1) is 8.52. The summed E-state index contributed by atoms with van der Waals surface area (Å²) < 4.78 is 45.4. The van der Waals surface area contributed by atoms with E-state index in [1.807, 2.05) is 0 Å². The normalized spacial score (nSPS) is 24.7. The van der Waals surface area contributed by atoms with Crippen LogP contribution in [0.1, 0.15) is 12.0 Å². The minimum absolute atomic E-state index is 0.0368. The second kappa shape index (κ2) is 5.28. The van der Waals surface area contributed by atoms with Crippen LogP contribution in [0.2, 0.25) is 0 Å². The fraction of sp³-hybridized carbons (Fsp3) is 0.538. The summed E-state index contributed by atoms with van der Waals surface area (Å²) in [5, 5.41) is 0. The molecule has 18 heavy (non-hydrogen) atoms. The highest BCUT2D eigenvalue weighted by Crippen LogP contribution is 2.27. The van der Waals surface area contributed by atoms with Gasteiger partial charge in [-0.1, -0.05) is 0 Å². The SMILES string of the molecule is COCC1(F)CCN(Cc2cc(F)ccc2F)C1. The Bertz CT molecular complexity index is 427. The lowest BCUT2D eigenvalue weighted by atomic mass is 10.1. The number of hydrogen-bond donors (Lipinski definition) is 0. The third kappa shape index (κ3) is 3.03. The van der Waals surface area contributed by atoms with Crippen LogP contribution in [0.4, 0.5) is 13.2 Å². The van der Waals surface area contributed by atoms with Gasteiger partial charge in [0, 0.05) is 32.3 Å². The van der Waals surface area contributed by atoms with Crippen LogP contribution in [0.5, 0.6) is 0 Å². The number of alkyl halides is 1. The topological polar surface area (TPSA) is 12.5 Å². The number of hydrogen-bond acceptors (Lipinski definition) is 2. The number of nitrogens with zero attached hydrogens (tertiary/aromatic N) is 1. The second-order valence-electron chi connectivity index (χ2n) is 4.78.